The molecule has 1 aliphatic carbocycles. The average Bonchev–Trinajstić information content (AvgIpc) is 3.50. The molecule has 0 radical (unpaired) electrons. The summed E-state index contributed by atoms with van der Waals surface area (Å²) < 4.78 is 22.6. The Morgan fingerprint density at radius 3 is 2.76 bits per heavy atom. The molecular formula is C23H23NO5. The van der Waals surface area contributed by atoms with E-state index in [-0.39, 0.29) is 11.9 Å². The number of methoxy groups -OCH3 is 1. The Hall–Kier alpha value is -2.73. The number of hydrogen-bond donors (Lipinski definition) is 0. The Morgan fingerprint density at radius 2 is 1.97 bits per heavy atom. The van der Waals surface area contributed by atoms with Crippen LogP contribution in [0.3, 0.4) is 0 Å². The third-order valence-electron chi connectivity index (χ3n) is 6.53. The maximum Gasteiger partial charge on any atom is 0.314 e. The smallest absolute Gasteiger partial charge is 0.314 e. The fourth-order valence-corrected chi connectivity index (χ4v) is 4.77. The number of benzene rings is 2. The summed E-state index contributed by atoms with van der Waals surface area (Å²) in [5, 5.41) is 0. The third kappa shape index (κ3) is 2.77. The van der Waals surface area contributed by atoms with Crippen LogP contribution < -0.4 is 18.9 Å². The van der Waals surface area contributed by atoms with Gasteiger partial charge in [0.2, 0.25) is 6.79 Å². The second kappa shape index (κ2) is 6.39. The molecule has 0 N–H and O–H groups in total. The van der Waals surface area contributed by atoms with Gasteiger partial charge in [-0.1, -0.05) is 6.07 Å². The first-order valence-electron chi connectivity index (χ1n) is 10.3. The van der Waals surface area contributed by atoms with Gasteiger partial charge in [-0.25, -0.2) is 0 Å². The maximum absolute atomic E-state index is 12.4. The zero-order chi connectivity index (χ0) is 19.5. The van der Waals surface area contributed by atoms with Crippen LogP contribution in [0.2, 0.25) is 0 Å². The maximum atomic E-state index is 12.4. The molecule has 6 heteroatoms. The first kappa shape index (κ1) is 17.2. The van der Waals surface area contributed by atoms with Gasteiger partial charge in [-0.3, -0.25) is 9.69 Å². The van der Waals surface area contributed by atoms with E-state index in [1.54, 1.807) is 7.11 Å². The summed E-state index contributed by atoms with van der Waals surface area (Å²) in [5.74, 6) is 2.86. The number of hydrogen-bond acceptors (Lipinski definition) is 6. The minimum absolute atomic E-state index is 0.0538. The van der Waals surface area contributed by atoms with E-state index in [1.165, 1.54) is 16.7 Å². The fraction of sp³-hybridized carbons (Fsp3) is 0.435. The van der Waals surface area contributed by atoms with Gasteiger partial charge < -0.3 is 18.9 Å². The van der Waals surface area contributed by atoms with Crippen molar-refractivity contribution in [3.63, 3.8) is 0 Å². The summed E-state index contributed by atoms with van der Waals surface area (Å²) in [5.41, 5.74) is 4.96. The lowest BCUT2D eigenvalue weighted by Gasteiger charge is -2.42. The van der Waals surface area contributed by atoms with E-state index in [0.717, 1.165) is 55.8 Å². The van der Waals surface area contributed by atoms with E-state index in [4.69, 9.17) is 18.9 Å². The van der Waals surface area contributed by atoms with E-state index >= 15 is 0 Å². The topological polar surface area (TPSA) is 57.2 Å². The zero-order valence-electron chi connectivity index (χ0n) is 16.4. The first-order valence-corrected chi connectivity index (χ1v) is 10.3. The van der Waals surface area contributed by atoms with Gasteiger partial charge in [-0.15, -0.1) is 0 Å². The van der Waals surface area contributed by atoms with Crippen LogP contribution in [0.5, 0.6) is 23.0 Å². The number of esters is 1. The van der Waals surface area contributed by atoms with Crippen LogP contribution in [0, 0.1) is 5.92 Å². The molecule has 0 saturated heterocycles. The van der Waals surface area contributed by atoms with Gasteiger partial charge in [0, 0.05) is 24.7 Å². The van der Waals surface area contributed by atoms with Crippen LogP contribution in [0.1, 0.15) is 41.1 Å². The van der Waals surface area contributed by atoms with Gasteiger partial charge in [0.15, 0.2) is 23.0 Å². The highest BCUT2D eigenvalue weighted by Gasteiger charge is 2.37. The second-order valence-corrected chi connectivity index (χ2v) is 8.27. The van der Waals surface area contributed by atoms with Gasteiger partial charge in [-0.2, -0.15) is 0 Å². The van der Waals surface area contributed by atoms with E-state index in [0.29, 0.717) is 24.3 Å². The predicted octanol–water partition coefficient (Wildman–Crippen LogP) is 3.39. The van der Waals surface area contributed by atoms with Crippen molar-refractivity contribution in [2.75, 3.05) is 20.4 Å². The van der Waals surface area contributed by atoms with Crippen molar-refractivity contribution in [1.82, 2.24) is 4.90 Å². The summed E-state index contributed by atoms with van der Waals surface area (Å²) in [4.78, 5) is 14.8. The van der Waals surface area contributed by atoms with Crippen molar-refractivity contribution in [1.29, 1.82) is 0 Å². The highest BCUT2D eigenvalue weighted by atomic mass is 16.7. The van der Waals surface area contributed by atoms with Gasteiger partial charge in [0.1, 0.15) is 0 Å². The summed E-state index contributed by atoms with van der Waals surface area (Å²) in [6.07, 6.45) is 3.70. The first-order chi connectivity index (χ1) is 14.2. The van der Waals surface area contributed by atoms with Crippen molar-refractivity contribution in [2.24, 2.45) is 5.92 Å². The molecule has 0 spiro atoms. The highest BCUT2D eigenvalue weighted by Crippen LogP contribution is 2.47. The number of nitrogens with zero attached hydrogens (tertiary/aromatic N) is 1. The molecule has 1 atom stereocenters. The number of ether oxygens (including phenoxy) is 4. The number of carbonyl (C=O) groups is 1. The second-order valence-electron chi connectivity index (χ2n) is 8.27. The molecular weight excluding hydrogens is 370 g/mol. The van der Waals surface area contributed by atoms with E-state index < -0.39 is 0 Å². The lowest BCUT2D eigenvalue weighted by atomic mass is 9.83. The molecule has 2 aromatic rings. The molecule has 150 valence electrons. The van der Waals surface area contributed by atoms with Gasteiger partial charge in [0.05, 0.1) is 13.0 Å². The van der Waals surface area contributed by atoms with Gasteiger partial charge in [-0.05, 0) is 60.6 Å². The van der Waals surface area contributed by atoms with E-state index in [2.05, 4.69) is 23.1 Å². The summed E-state index contributed by atoms with van der Waals surface area (Å²) in [6, 6.07) is 8.62. The lowest BCUT2D eigenvalue weighted by molar-refractivity contribution is -0.136. The molecule has 0 amide bonds. The Labute approximate surface area is 169 Å². The van der Waals surface area contributed by atoms with E-state index in [1.807, 2.05) is 6.07 Å². The van der Waals surface area contributed by atoms with Gasteiger partial charge >= 0.3 is 5.97 Å². The average molecular weight is 393 g/mol. The van der Waals surface area contributed by atoms with Crippen LogP contribution in [0.25, 0.3) is 0 Å². The number of carbonyl (C=O) groups excluding carboxylic acids is 1. The Morgan fingerprint density at radius 1 is 1.14 bits per heavy atom. The Balaban J connectivity index is 1.38. The molecule has 6 nitrogen and oxygen atoms in total. The molecule has 2 aromatic carbocycles. The minimum Gasteiger partial charge on any atom is -0.493 e. The Kier molecular flexibility index (Phi) is 3.78. The van der Waals surface area contributed by atoms with E-state index in [9.17, 15) is 4.79 Å². The predicted molar refractivity (Wildman–Crippen MR) is 104 cm³/mol. The van der Waals surface area contributed by atoms with Crippen LogP contribution in [0.15, 0.2) is 24.3 Å². The molecule has 1 fully saturated rings. The van der Waals surface area contributed by atoms with Crippen molar-refractivity contribution >= 4 is 5.97 Å². The minimum atomic E-state index is -0.129. The highest BCUT2D eigenvalue weighted by molar-refractivity contribution is 5.78. The normalized spacial score (nSPS) is 21.8. The summed E-state index contributed by atoms with van der Waals surface area (Å²) in [6.45, 7) is 2.01. The van der Waals surface area contributed by atoms with Gasteiger partial charge in [0.25, 0.3) is 0 Å². The quantitative estimate of drug-likeness (QED) is 0.589. The molecule has 3 aliphatic heterocycles. The number of fused-ring (bicyclic) bond motifs is 5. The lowest BCUT2D eigenvalue weighted by Crippen LogP contribution is -2.39. The zero-order valence-corrected chi connectivity index (χ0v) is 16.4. The molecule has 29 heavy (non-hydrogen) atoms. The van der Waals surface area contributed by atoms with Crippen molar-refractivity contribution < 1.29 is 23.7 Å². The number of rotatable bonds is 3. The van der Waals surface area contributed by atoms with Crippen LogP contribution in [0.4, 0.5) is 0 Å². The van der Waals surface area contributed by atoms with Crippen LogP contribution in [-0.4, -0.2) is 31.3 Å². The molecule has 6 rings (SSSR count). The van der Waals surface area contributed by atoms with Crippen LogP contribution in [-0.2, 0) is 24.2 Å². The van der Waals surface area contributed by atoms with Crippen molar-refractivity contribution in [3.05, 3.63) is 46.5 Å². The summed E-state index contributed by atoms with van der Waals surface area (Å²) in [7, 11) is 1.63. The SMILES string of the molecule is COc1ccc2c(c1OC(=O)C1CC1)CN1CCc3cc4c(cc3C1C2)OCO4. The van der Waals surface area contributed by atoms with Crippen molar-refractivity contribution in [2.45, 2.75) is 38.3 Å². The largest absolute Gasteiger partial charge is 0.493 e. The fourth-order valence-electron chi connectivity index (χ4n) is 4.77. The van der Waals surface area contributed by atoms with Crippen LogP contribution >= 0.6 is 0 Å². The molecule has 1 unspecified atom stereocenters. The Bertz CT molecular complexity index is 1010. The summed E-state index contributed by atoms with van der Waals surface area (Å²) >= 11 is 0. The molecule has 0 bridgehead atoms. The molecule has 4 aliphatic rings. The molecule has 3 heterocycles. The molecule has 0 aromatic heterocycles. The third-order valence-corrected chi connectivity index (χ3v) is 6.53. The standard InChI is InChI=1S/C23H23NO5/c1-26-19-5-4-14-8-18-16-10-21-20(27-12-28-21)9-15(16)6-7-24(18)11-17(14)22(19)29-23(25)13-2-3-13/h4-5,9-10,13,18H,2-3,6-8,11-12H2,1H3. The van der Waals surface area contributed by atoms with Crippen molar-refractivity contribution in [3.8, 4) is 23.0 Å². The molecule has 1 saturated carbocycles. The monoisotopic (exact) mass is 393 g/mol.